The van der Waals surface area contributed by atoms with Crippen LogP contribution in [-0.4, -0.2) is 104 Å². The van der Waals surface area contributed by atoms with Gasteiger partial charge in [0.15, 0.2) is 11.6 Å². The van der Waals surface area contributed by atoms with E-state index in [9.17, 15) is 32.3 Å². The summed E-state index contributed by atoms with van der Waals surface area (Å²) in [5.74, 6) is -0.0329. The van der Waals surface area contributed by atoms with Gasteiger partial charge in [-0.25, -0.2) is 9.97 Å². The van der Waals surface area contributed by atoms with E-state index in [1.54, 1.807) is 36.7 Å². The molecule has 362 valence electrons. The number of rotatable bonds is 17. The molecule has 3 saturated heterocycles. The predicted molar refractivity (Wildman–Crippen MR) is 254 cm³/mol. The van der Waals surface area contributed by atoms with Gasteiger partial charge in [-0.3, -0.25) is 29.8 Å². The lowest BCUT2D eigenvalue weighted by atomic mass is 9.79. The Labute approximate surface area is 402 Å². The molecule has 2 unspecified atom stereocenters. The maximum atomic E-state index is 14.4. The van der Waals surface area contributed by atoms with Crippen LogP contribution in [0.3, 0.4) is 0 Å². The van der Waals surface area contributed by atoms with Crippen molar-refractivity contribution in [2.75, 3.05) is 47.8 Å². The van der Waals surface area contributed by atoms with Crippen LogP contribution >= 0.6 is 11.8 Å². The summed E-state index contributed by atoms with van der Waals surface area (Å²) in [6.45, 7) is 6.32. The molecular formula is C49H55F3N12O4S. The highest BCUT2D eigenvalue weighted by Crippen LogP contribution is 2.41. The third-order valence-corrected chi connectivity index (χ3v) is 14.2. The van der Waals surface area contributed by atoms with Crippen molar-refractivity contribution in [3.8, 4) is 0 Å². The number of carbonyl (C=O) groups is 4. The SMILES string of the molecule is CC1(N)C=CN(c2cnc(Sc3cccc(NC(=O)CCCCCCN4CC5(CCN(c6ccc(C(NCc7ccc8c(c7)CN(C7CCC(=O)NC7=O)C8=O)C(F)(F)F)nn6)C5)C4)c3)cn2)C=C1. The zero-order valence-corrected chi connectivity index (χ0v) is 39.1. The maximum Gasteiger partial charge on any atom is 0.409 e. The number of amides is 4. The van der Waals surface area contributed by atoms with Crippen molar-refractivity contribution < 1.29 is 32.3 Å². The molecule has 5 aliphatic heterocycles. The normalized spacial score (nSPS) is 20.0. The molecule has 2 aromatic carbocycles. The number of nitrogens with one attached hydrogen (secondary N) is 3. The first-order valence-corrected chi connectivity index (χ1v) is 24.1. The van der Waals surface area contributed by atoms with E-state index < -0.39 is 29.7 Å². The number of piperidine rings is 1. The number of likely N-dealkylation sites (tertiary alicyclic amines) is 1. The summed E-state index contributed by atoms with van der Waals surface area (Å²) in [4.78, 5) is 67.7. The van der Waals surface area contributed by atoms with Gasteiger partial charge in [-0.05, 0) is 98.8 Å². The quantitative estimate of drug-likeness (QED) is 0.0686. The van der Waals surface area contributed by atoms with E-state index in [-0.39, 0.29) is 54.8 Å². The highest BCUT2D eigenvalue weighted by Gasteiger charge is 2.48. The molecule has 7 heterocycles. The fourth-order valence-corrected chi connectivity index (χ4v) is 10.4. The molecular weight excluding hydrogens is 910 g/mol. The number of nitrogens with two attached hydrogens (primary N) is 1. The number of hydrogen-bond acceptors (Lipinski definition) is 14. The Morgan fingerprint density at radius 2 is 1.77 bits per heavy atom. The zero-order valence-electron chi connectivity index (χ0n) is 38.3. The Balaban J connectivity index is 0.664. The standard InChI is InChI=1S/C49H55F3N12O4S/c1-47(53)16-20-62(21-17-47)40-26-55-43(27-54-40)69-35-8-6-7-34(24-35)57-41(65)9-4-2-3-5-19-61-29-48(30-61)18-22-63(31-48)39-14-12-37(59-60-39)44(49(50,51)52)56-25-32-10-11-36-33(23-32)28-64(46(36)68)38-13-15-42(66)58-45(38)67/h6-8,10-12,14,16-17,20-21,23-24,26-27,38,44,56H,2-5,9,13,15,18-19,22,25,28-31,53H2,1H3,(H,57,65)(H,58,66,67). The maximum absolute atomic E-state index is 14.4. The summed E-state index contributed by atoms with van der Waals surface area (Å²) < 4.78 is 43.2. The number of benzene rings is 2. The van der Waals surface area contributed by atoms with E-state index in [0.29, 0.717) is 34.7 Å². The van der Waals surface area contributed by atoms with Gasteiger partial charge in [0, 0.05) is 86.1 Å². The van der Waals surface area contributed by atoms with Gasteiger partial charge in [0.05, 0.1) is 23.6 Å². The van der Waals surface area contributed by atoms with Crippen LogP contribution in [0.2, 0.25) is 0 Å². The number of nitrogens with zero attached hydrogens (tertiary/aromatic N) is 8. The van der Waals surface area contributed by atoms with Gasteiger partial charge in [-0.1, -0.05) is 42.8 Å². The Morgan fingerprint density at radius 1 is 0.957 bits per heavy atom. The lowest BCUT2D eigenvalue weighted by molar-refractivity contribution is -0.159. The summed E-state index contributed by atoms with van der Waals surface area (Å²) in [5, 5.41) is 16.9. The van der Waals surface area contributed by atoms with Crippen LogP contribution in [0.4, 0.5) is 30.5 Å². The molecule has 5 N–H and O–H groups in total. The first-order chi connectivity index (χ1) is 33.1. The summed E-state index contributed by atoms with van der Waals surface area (Å²) in [6, 6.07) is 12.7. The monoisotopic (exact) mass is 964 g/mol. The molecule has 4 aromatic rings. The van der Waals surface area contributed by atoms with Gasteiger partial charge in [0.2, 0.25) is 17.7 Å². The van der Waals surface area contributed by atoms with Crippen molar-refractivity contribution >= 4 is 52.7 Å². The molecule has 3 fully saturated rings. The third kappa shape index (κ3) is 11.5. The molecule has 5 aliphatic rings. The minimum absolute atomic E-state index is 0.0146. The van der Waals surface area contributed by atoms with Gasteiger partial charge in [-0.2, -0.15) is 18.3 Å². The van der Waals surface area contributed by atoms with Gasteiger partial charge >= 0.3 is 6.18 Å². The number of alkyl halides is 3. The third-order valence-electron chi connectivity index (χ3n) is 13.3. The molecule has 20 heteroatoms. The van der Waals surface area contributed by atoms with E-state index in [2.05, 4.69) is 45.9 Å². The molecule has 9 rings (SSSR count). The molecule has 2 atom stereocenters. The number of halogens is 3. The van der Waals surface area contributed by atoms with Crippen LogP contribution in [0.5, 0.6) is 0 Å². The summed E-state index contributed by atoms with van der Waals surface area (Å²) in [7, 11) is 0. The number of unbranched alkanes of at least 4 members (excludes halogenated alkanes) is 3. The second-order valence-electron chi connectivity index (χ2n) is 18.9. The molecule has 0 radical (unpaired) electrons. The second-order valence-corrected chi connectivity index (χ2v) is 20.0. The van der Waals surface area contributed by atoms with Gasteiger partial charge < -0.3 is 30.7 Å². The minimum Gasteiger partial charge on any atom is -0.354 e. The van der Waals surface area contributed by atoms with Crippen molar-refractivity contribution in [1.29, 1.82) is 0 Å². The van der Waals surface area contributed by atoms with Crippen LogP contribution in [0.1, 0.15) is 91.5 Å². The summed E-state index contributed by atoms with van der Waals surface area (Å²) >= 11 is 1.47. The highest BCUT2D eigenvalue weighted by molar-refractivity contribution is 7.99. The van der Waals surface area contributed by atoms with Crippen LogP contribution in [0, 0.1) is 5.41 Å². The van der Waals surface area contributed by atoms with Crippen molar-refractivity contribution in [2.24, 2.45) is 11.1 Å². The Hall–Kier alpha value is -6.22. The van der Waals surface area contributed by atoms with Crippen molar-refractivity contribution in [2.45, 2.75) is 105 Å². The fourth-order valence-electron chi connectivity index (χ4n) is 9.64. The molecule has 0 saturated carbocycles. The average molecular weight is 965 g/mol. The first kappa shape index (κ1) is 47.8. The lowest BCUT2D eigenvalue weighted by Gasteiger charge is -2.48. The van der Waals surface area contributed by atoms with Crippen molar-refractivity contribution in [3.05, 3.63) is 114 Å². The van der Waals surface area contributed by atoms with Crippen molar-refractivity contribution in [1.82, 2.24) is 40.6 Å². The second kappa shape index (κ2) is 20.0. The molecule has 0 bridgehead atoms. The number of carbonyl (C=O) groups excluding carboxylic acids is 4. The number of imide groups is 1. The first-order valence-electron chi connectivity index (χ1n) is 23.3. The van der Waals surface area contributed by atoms with E-state index >= 15 is 0 Å². The number of fused-ring (bicyclic) bond motifs is 1. The smallest absolute Gasteiger partial charge is 0.354 e. The molecule has 2 aromatic heterocycles. The van der Waals surface area contributed by atoms with Gasteiger partial charge in [0.25, 0.3) is 5.91 Å². The Kier molecular flexibility index (Phi) is 13.9. The van der Waals surface area contributed by atoms with Gasteiger partial charge in [-0.15, -0.1) is 5.10 Å². The van der Waals surface area contributed by atoms with E-state index in [1.165, 1.54) is 22.7 Å². The molecule has 16 nitrogen and oxygen atoms in total. The lowest BCUT2D eigenvalue weighted by Crippen LogP contribution is -2.57. The molecule has 0 aliphatic carbocycles. The largest absolute Gasteiger partial charge is 0.409 e. The Bertz CT molecular complexity index is 2610. The summed E-state index contributed by atoms with van der Waals surface area (Å²) in [6.07, 6.45) is 11.9. The van der Waals surface area contributed by atoms with Crippen LogP contribution in [0.15, 0.2) is 101 Å². The van der Waals surface area contributed by atoms with Crippen molar-refractivity contribution in [3.63, 3.8) is 0 Å². The van der Waals surface area contributed by atoms with Crippen LogP contribution < -0.4 is 31.5 Å². The molecule has 69 heavy (non-hydrogen) atoms. The van der Waals surface area contributed by atoms with Gasteiger partial charge in [0.1, 0.15) is 17.1 Å². The number of aromatic nitrogens is 4. The van der Waals surface area contributed by atoms with Crippen LogP contribution in [0.25, 0.3) is 0 Å². The van der Waals surface area contributed by atoms with E-state index in [0.717, 1.165) is 80.4 Å². The molecule has 1 spiro atoms. The summed E-state index contributed by atoms with van der Waals surface area (Å²) in [5.41, 5.74) is 7.78. The average Bonchev–Trinajstić information content (AvgIpc) is 3.89. The topological polar surface area (TPSA) is 195 Å². The van der Waals surface area contributed by atoms with E-state index in [4.69, 9.17) is 5.73 Å². The highest BCUT2D eigenvalue weighted by atomic mass is 32.2. The number of anilines is 3. The zero-order chi connectivity index (χ0) is 48.3. The molecule has 4 amide bonds. The minimum atomic E-state index is -4.65. The fraction of sp³-hybridized carbons (Fsp3) is 0.429. The predicted octanol–water partition coefficient (Wildman–Crippen LogP) is 6.24. The Morgan fingerprint density at radius 3 is 2.51 bits per heavy atom. The van der Waals surface area contributed by atoms with Crippen LogP contribution in [-0.2, 0) is 27.5 Å². The number of hydrogen-bond donors (Lipinski definition) is 4. The van der Waals surface area contributed by atoms with E-state index in [1.807, 2.05) is 60.6 Å².